The third-order valence-corrected chi connectivity index (χ3v) is 14.9. The Morgan fingerprint density at radius 1 is 1.00 bits per heavy atom. The first-order valence-corrected chi connectivity index (χ1v) is 24.4. The number of imidazole rings is 1. The molecule has 4 aromatic carbocycles. The topological polar surface area (TPSA) is 184 Å². The largest absolute Gasteiger partial charge is 0.454 e. The number of amides is 1. The van der Waals surface area contributed by atoms with Gasteiger partial charge in [0.1, 0.15) is 17.0 Å². The molecule has 66 heavy (non-hydrogen) atoms. The third-order valence-electron chi connectivity index (χ3n) is 13.3. The number of aromatic amines is 1. The van der Waals surface area contributed by atoms with E-state index in [9.17, 15) is 28.1 Å². The molecule has 16 nitrogen and oxygen atoms in total. The molecule has 0 radical (unpaired) electrons. The van der Waals surface area contributed by atoms with Gasteiger partial charge < -0.3 is 24.7 Å². The van der Waals surface area contributed by atoms with Gasteiger partial charge >= 0.3 is 5.69 Å². The molecule has 18 heteroatoms. The molecule has 1 saturated carbocycles. The summed E-state index contributed by atoms with van der Waals surface area (Å²) in [6.07, 6.45) is 5.28. The molecule has 1 unspecified atom stereocenters. The molecular formula is C48H55ClN8O8S. The van der Waals surface area contributed by atoms with Crippen LogP contribution in [0.3, 0.4) is 0 Å². The zero-order valence-electron chi connectivity index (χ0n) is 37.3. The van der Waals surface area contributed by atoms with E-state index in [1.807, 2.05) is 12.1 Å². The van der Waals surface area contributed by atoms with Crippen LogP contribution in [0.4, 0.5) is 17.1 Å². The molecule has 1 amide bonds. The Hall–Kier alpha value is -5.72. The molecule has 5 aromatic rings. The molecule has 0 spiro atoms. The fourth-order valence-corrected chi connectivity index (χ4v) is 10.5. The molecular weight excluding hydrogens is 884 g/mol. The minimum Gasteiger partial charge on any atom is -0.454 e. The van der Waals surface area contributed by atoms with Crippen LogP contribution in [-0.4, -0.2) is 110 Å². The number of allylic oxidation sites excluding steroid dienone is 1. The highest BCUT2D eigenvalue weighted by Crippen LogP contribution is 2.44. The number of nitrogens with one attached hydrogen (secondary N) is 3. The molecule has 2 saturated heterocycles. The predicted molar refractivity (Wildman–Crippen MR) is 255 cm³/mol. The Morgan fingerprint density at radius 2 is 1.77 bits per heavy atom. The van der Waals surface area contributed by atoms with Crippen molar-refractivity contribution in [2.24, 2.45) is 12.5 Å². The summed E-state index contributed by atoms with van der Waals surface area (Å²) in [7, 11) is -3.03. The number of aromatic nitrogens is 2. The highest BCUT2D eigenvalue weighted by Gasteiger charge is 2.34. The van der Waals surface area contributed by atoms with Crippen LogP contribution in [0.2, 0.25) is 5.02 Å². The van der Waals surface area contributed by atoms with Crippen LogP contribution in [0.1, 0.15) is 61.9 Å². The van der Waals surface area contributed by atoms with E-state index in [4.69, 9.17) is 21.1 Å². The highest BCUT2D eigenvalue weighted by atomic mass is 35.5. The monoisotopic (exact) mass is 938 g/mol. The van der Waals surface area contributed by atoms with Crippen LogP contribution in [0.5, 0.6) is 11.5 Å². The third kappa shape index (κ3) is 10.0. The number of hydrogen-bond donors (Lipinski definition) is 3. The molecule has 3 N–H and O–H groups in total. The van der Waals surface area contributed by atoms with Crippen molar-refractivity contribution in [3.8, 4) is 11.5 Å². The Morgan fingerprint density at radius 3 is 2.52 bits per heavy atom. The Balaban J connectivity index is 0.941. The number of morpholine rings is 1. The van der Waals surface area contributed by atoms with Gasteiger partial charge in [0.2, 0.25) is 0 Å². The number of nitrogens with zero attached hydrogens (tertiary/aromatic N) is 5. The molecule has 3 heterocycles. The van der Waals surface area contributed by atoms with Gasteiger partial charge in [-0.05, 0) is 97.2 Å². The number of carbonyl (C=O) groups is 1. The molecule has 1 aromatic heterocycles. The lowest BCUT2D eigenvalue weighted by molar-refractivity contribution is -0.384. The Labute approximate surface area is 388 Å². The number of H-pyrrole nitrogens is 1. The normalized spacial score (nSPS) is 19.5. The zero-order chi connectivity index (χ0) is 46.3. The summed E-state index contributed by atoms with van der Waals surface area (Å²) in [4.78, 5) is 47.7. The maximum Gasteiger partial charge on any atom is 0.326 e. The number of benzene rings is 4. The summed E-state index contributed by atoms with van der Waals surface area (Å²) in [6, 6.07) is 22.3. The maximum atomic E-state index is 14.1. The van der Waals surface area contributed by atoms with E-state index in [0.29, 0.717) is 49.9 Å². The quantitative estimate of drug-likeness (QED) is 0.0742. The molecule has 4 aliphatic rings. The number of halogens is 1. The standard InChI is InChI=1S/C48H55ClN8O8S/c1-48(2)18-17-32(39(27-48)31-7-9-33(49)10-8-31)29-54-19-21-55(22-20-54)35-13-15-38(44(25-35)65-43-6-4-5-41-45(43)53(3)47(59)51-41)46(58)52-66(62,63)37-14-16-40(42(26-37)57(60)61)50-28-36-30-56(23-24-64-36)34-11-12-34/h4-10,13-16,25-26,34,36,50H,11-12,17-24,27-30H2,1-3H3,(H,51,59)(H,52,58). The Kier molecular flexibility index (Phi) is 12.7. The van der Waals surface area contributed by atoms with Crippen LogP contribution in [0.15, 0.2) is 94.1 Å². The number of carbonyl (C=O) groups excluding carboxylic acids is 1. The lowest BCUT2D eigenvalue weighted by Gasteiger charge is -2.39. The second-order valence-corrected chi connectivity index (χ2v) is 20.7. The number of rotatable bonds is 14. The first-order valence-electron chi connectivity index (χ1n) is 22.5. The second kappa shape index (κ2) is 18.5. The Bertz CT molecular complexity index is 2870. The first kappa shape index (κ1) is 45.4. The van der Waals surface area contributed by atoms with Gasteiger partial charge in [-0.2, -0.15) is 0 Å². The fourth-order valence-electron chi connectivity index (χ4n) is 9.42. The predicted octanol–water partition coefficient (Wildman–Crippen LogP) is 7.40. The number of nitro groups is 1. The van der Waals surface area contributed by atoms with Crippen LogP contribution in [0, 0.1) is 15.5 Å². The minimum absolute atomic E-state index is 0.0575. The SMILES string of the molecule is Cn1c(=O)[nH]c2cccc(Oc3cc(N4CCN(CC5=C(c6ccc(Cl)cc6)CC(C)(C)CC5)CC4)ccc3C(=O)NS(=O)(=O)c3ccc(NCC4CN(C5CC5)CCO4)c([N+](=O)[O-])c3)c21. The van der Waals surface area contributed by atoms with Gasteiger partial charge in [0.25, 0.3) is 21.6 Å². The number of anilines is 2. The van der Waals surface area contributed by atoms with Crippen molar-refractivity contribution in [2.45, 2.75) is 63.0 Å². The number of ether oxygens (including phenoxy) is 2. The van der Waals surface area contributed by atoms with Crippen molar-refractivity contribution in [1.29, 1.82) is 0 Å². The summed E-state index contributed by atoms with van der Waals surface area (Å²) in [5.41, 5.74) is 5.22. The minimum atomic E-state index is -4.63. The van der Waals surface area contributed by atoms with E-state index >= 15 is 0 Å². The van der Waals surface area contributed by atoms with Gasteiger partial charge in [-0.3, -0.25) is 29.3 Å². The molecule has 1 atom stereocenters. The van der Waals surface area contributed by atoms with Crippen molar-refractivity contribution in [3.05, 3.63) is 121 Å². The van der Waals surface area contributed by atoms with Crippen molar-refractivity contribution >= 4 is 61.2 Å². The highest BCUT2D eigenvalue weighted by molar-refractivity contribution is 7.90. The van der Waals surface area contributed by atoms with Gasteiger partial charge in [-0.25, -0.2) is 17.9 Å². The van der Waals surface area contributed by atoms with Crippen molar-refractivity contribution in [3.63, 3.8) is 0 Å². The van der Waals surface area contributed by atoms with E-state index in [-0.39, 0.29) is 40.0 Å². The number of sulfonamides is 1. The number of nitro benzene ring substituents is 1. The van der Waals surface area contributed by atoms with Gasteiger partial charge in [0.15, 0.2) is 5.75 Å². The lowest BCUT2D eigenvalue weighted by Crippen LogP contribution is -2.47. The number of hydrogen-bond acceptors (Lipinski definition) is 12. The maximum absolute atomic E-state index is 14.1. The number of piperazine rings is 1. The summed E-state index contributed by atoms with van der Waals surface area (Å²) in [6.45, 7) is 10.9. The van der Waals surface area contributed by atoms with E-state index in [1.54, 1.807) is 37.4 Å². The van der Waals surface area contributed by atoms with Crippen molar-refractivity contribution in [1.82, 2.24) is 24.1 Å². The summed E-state index contributed by atoms with van der Waals surface area (Å²) in [5, 5.41) is 16.0. The van der Waals surface area contributed by atoms with Crippen LogP contribution < -0.4 is 25.4 Å². The molecule has 3 fully saturated rings. The lowest BCUT2D eigenvalue weighted by atomic mass is 9.72. The molecule has 2 aliphatic carbocycles. The first-order chi connectivity index (χ1) is 31.6. The summed E-state index contributed by atoms with van der Waals surface area (Å²) >= 11 is 6.25. The summed E-state index contributed by atoms with van der Waals surface area (Å²) in [5.74, 6) is -0.677. The fraction of sp³-hybridized carbons (Fsp3) is 0.417. The molecule has 2 aliphatic heterocycles. The van der Waals surface area contributed by atoms with Crippen molar-refractivity contribution in [2.75, 3.05) is 69.2 Å². The van der Waals surface area contributed by atoms with Crippen LogP contribution in [0.25, 0.3) is 16.6 Å². The number of fused-ring (bicyclic) bond motifs is 1. The zero-order valence-corrected chi connectivity index (χ0v) is 38.9. The second-order valence-electron chi connectivity index (χ2n) is 18.6. The van der Waals surface area contributed by atoms with Crippen molar-refractivity contribution < 1.29 is 27.6 Å². The van der Waals surface area contributed by atoms with E-state index < -0.39 is 31.4 Å². The number of aryl methyl sites for hydroxylation is 1. The molecule has 348 valence electrons. The average Bonchev–Trinajstić information content (AvgIpc) is 4.11. The van der Waals surface area contributed by atoms with Gasteiger partial charge in [-0.15, -0.1) is 0 Å². The summed E-state index contributed by atoms with van der Waals surface area (Å²) < 4.78 is 43.5. The van der Waals surface area contributed by atoms with E-state index in [1.165, 1.54) is 39.5 Å². The van der Waals surface area contributed by atoms with E-state index in [0.717, 1.165) is 75.1 Å². The van der Waals surface area contributed by atoms with Crippen LogP contribution >= 0.6 is 11.6 Å². The average molecular weight is 940 g/mol. The van der Waals surface area contributed by atoms with Gasteiger partial charge in [-0.1, -0.05) is 49.2 Å². The molecule has 0 bridgehead atoms. The van der Waals surface area contributed by atoms with E-state index in [2.05, 4.69) is 55.7 Å². The smallest absolute Gasteiger partial charge is 0.326 e. The van der Waals surface area contributed by atoms with Crippen LogP contribution in [-0.2, 0) is 21.8 Å². The van der Waals surface area contributed by atoms with Gasteiger partial charge in [0, 0.05) is 88.3 Å². The van der Waals surface area contributed by atoms with Gasteiger partial charge in [0.05, 0.1) is 33.6 Å². The number of para-hydroxylation sites is 1. The molecule has 9 rings (SSSR count).